The van der Waals surface area contributed by atoms with Gasteiger partial charge in [0.05, 0.1) is 0 Å². The van der Waals surface area contributed by atoms with Crippen LogP contribution in [0.4, 0.5) is 4.39 Å². The Balaban J connectivity index is 1.74. The molecule has 0 aliphatic carbocycles. The van der Waals surface area contributed by atoms with Gasteiger partial charge < -0.3 is 4.90 Å². The average molecular weight is 338 g/mol. The molecule has 2 aliphatic heterocycles. The van der Waals surface area contributed by atoms with Gasteiger partial charge in [-0.05, 0) is 35.2 Å². The van der Waals surface area contributed by atoms with Gasteiger partial charge in [0.1, 0.15) is 11.9 Å². The number of hydrogen-bond donors (Lipinski definition) is 1. The highest BCUT2D eigenvalue weighted by Gasteiger charge is 2.40. The van der Waals surface area contributed by atoms with Gasteiger partial charge in [-0.1, -0.05) is 30.3 Å². The van der Waals surface area contributed by atoms with Gasteiger partial charge in [0.2, 0.25) is 11.8 Å². The van der Waals surface area contributed by atoms with E-state index >= 15 is 0 Å². The maximum atomic E-state index is 14.1. The van der Waals surface area contributed by atoms with Crippen molar-refractivity contribution >= 4 is 17.7 Å². The van der Waals surface area contributed by atoms with Crippen LogP contribution in [0.15, 0.2) is 42.5 Å². The molecule has 6 heteroatoms. The number of amides is 3. The Morgan fingerprint density at radius 3 is 2.48 bits per heavy atom. The minimum Gasteiger partial charge on any atom is -0.322 e. The van der Waals surface area contributed by atoms with Crippen molar-refractivity contribution in [1.29, 1.82) is 0 Å². The van der Waals surface area contributed by atoms with E-state index in [9.17, 15) is 18.8 Å². The van der Waals surface area contributed by atoms with Crippen LogP contribution in [0.3, 0.4) is 0 Å². The van der Waals surface area contributed by atoms with E-state index in [4.69, 9.17) is 0 Å². The summed E-state index contributed by atoms with van der Waals surface area (Å²) in [4.78, 5) is 37.6. The number of hydrogen-bond acceptors (Lipinski definition) is 3. The van der Waals surface area contributed by atoms with Crippen LogP contribution >= 0.6 is 0 Å². The van der Waals surface area contributed by atoms with Gasteiger partial charge in [-0.3, -0.25) is 19.7 Å². The van der Waals surface area contributed by atoms with E-state index in [-0.39, 0.29) is 36.8 Å². The van der Waals surface area contributed by atoms with Crippen molar-refractivity contribution in [2.75, 3.05) is 0 Å². The highest BCUT2D eigenvalue weighted by Crippen LogP contribution is 2.35. The predicted octanol–water partition coefficient (Wildman–Crippen LogP) is 2.25. The van der Waals surface area contributed by atoms with Crippen molar-refractivity contribution in [3.63, 3.8) is 0 Å². The second kappa shape index (κ2) is 5.81. The fourth-order valence-corrected chi connectivity index (χ4v) is 3.50. The molecule has 1 fully saturated rings. The molecule has 4 rings (SSSR count). The van der Waals surface area contributed by atoms with Gasteiger partial charge in [-0.2, -0.15) is 0 Å². The number of carbonyl (C=O) groups excluding carboxylic acids is 3. The molecule has 5 nitrogen and oxygen atoms in total. The van der Waals surface area contributed by atoms with Crippen LogP contribution in [0, 0.1) is 5.82 Å². The lowest BCUT2D eigenvalue weighted by molar-refractivity contribution is -0.136. The highest BCUT2D eigenvalue weighted by atomic mass is 19.1. The van der Waals surface area contributed by atoms with Crippen LogP contribution in [-0.4, -0.2) is 28.7 Å². The van der Waals surface area contributed by atoms with Gasteiger partial charge in [0.25, 0.3) is 5.91 Å². The van der Waals surface area contributed by atoms with E-state index in [1.54, 1.807) is 0 Å². The first-order valence-corrected chi connectivity index (χ1v) is 8.07. The fraction of sp³-hybridized carbons (Fsp3) is 0.211. The Hall–Kier alpha value is -3.02. The molecule has 2 aromatic rings. The first-order chi connectivity index (χ1) is 12.0. The van der Waals surface area contributed by atoms with E-state index < -0.39 is 17.8 Å². The molecular formula is C19H15FN2O3. The molecule has 0 aromatic heterocycles. The predicted molar refractivity (Wildman–Crippen MR) is 87.9 cm³/mol. The molecule has 2 aliphatic rings. The molecule has 0 spiro atoms. The Labute approximate surface area is 143 Å². The lowest BCUT2D eigenvalue weighted by Crippen LogP contribution is -2.52. The average Bonchev–Trinajstić information content (AvgIpc) is 2.92. The normalized spacial score (nSPS) is 19.8. The Morgan fingerprint density at radius 1 is 1.04 bits per heavy atom. The standard InChI is InChI=1S/C19H15FN2O3/c20-12-8-13(11-4-2-1-3-5-11)15-10-22(19(25)14(15)9-12)16-6-7-17(23)21-18(16)24/h1-5,8-9,16H,6-7,10H2,(H,21,23,24). The zero-order valence-electron chi connectivity index (χ0n) is 13.3. The lowest BCUT2D eigenvalue weighted by atomic mass is 9.97. The van der Waals surface area contributed by atoms with Crippen LogP contribution in [0.25, 0.3) is 11.1 Å². The molecule has 2 heterocycles. The van der Waals surface area contributed by atoms with Gasteiger partial charge >= 0.3 is 0 Å². The number of nitrogens with one attached hydrogen (secondary N) is 1. The van der Waals surface area contributed by atoms with Gasteiger partial charge in [-0.15, -0.1) is 0 Å². The molecule has 0 radical (unpaired) electrons. The third kappa shape index (κ3) is 2.59. The molecule has 1 atom stereocenters. The number of rotatable bonds is 2. The van der Waals surface area contributed by atoms with Crippen LogP contribution < -0.4 is 5.32 Å². The number of piperidine rings is 1. The summed E-state index contributed by atoms with van der Waals surface area (Å²) in [5, 5.41) is 2.27. The summed E-state index contributed by atoms with van der Waals surface area (Å²) in [5.41, 5.74) is 2.46. The first kappa shape index (κ1) is 15.5. The second-order valence-corrected chi connectivity index (χ2v) is 6.25. The Morgan fingerprint density at radius 2 is 1.76 bits per heavy atom. The molecule has 0 bridgehead atoms. The summed E-state index contributed by atoms with van der Waals surface area (Å²) in [6, 6.07) is 11.2. The van der Waals surface area contributed by atoms with Crippen molar-refractivity contribution in [1.82, 2.24) is 10.2 Å². The summed E-state index contributed by atoms with van der Waals surface area (Å²) < 4.78 is 14.1. The molecule has 0 saturated carbocycles. The monoisotopic (exact) mass is 338 g/mol. The minimum absolute atomic E-state index is 0.191. The van der Waals surface area contributed by atoms with Crippen molar-refractivity contribution in [3.8, 4) is 11.1 Å². The number of fused-ring (bicyclic) bond motifs is 1. The zero-order chi connectivity index (χ0) is 17.6. The molecular weight excluding hydrogens is 323 g/mol. The van der Waals surface area contributed by atoms with E-state index in [2.05, 4.69) is 5.32 Å². The zero-order valence-corrected chi connectivity index (χ0v) is 13.3. The molecule has 126 valence electrons. The fourth-order valence-electron chi connectivity index (χ4n) is 3.50. The van der Waals surface area contributed by atoms with Crippen molar-refractivity contribution in [3.05, 3.63) is 59.4 Å². The third-order valence-corrected chi connectivity index (χ3v) is 4.71. The van der Waals surface area contributed by atoms with E-state index in [1.807, 2.05) is 30.3 Å². The van der Waals surface area contributed by atoms with Crippen LogP contribution in [0.1, 0.15) is 28.8 Å². The van der Waals surface area contributed by atoms with Gasteiger partial charge in [0.15, 0.2) is 0 Å². The summed E-state index contributed by atoms with van der Waals surface area (Å²) in [6.45, 7) is 0.227. The van der Waals surface area contributed by atoms with Crippen molar-refractivity contribution in [2.45, 2.75) is 25.4 Å². The number of imide groups is 1. The molecule has 2 aromatic carbocycles. The smallest absolute Gasteiger partial charge is 0.255 e. The van der Waals surface area contributed by atoms with Gasteiger partial charge in [-0.25, -0.2) is 4.39 Å². The maximum Gasteiger partial charge on any atom is 0.255 e. The summed E-state index contributed by atoms with van der Waals surface area (Å²) in [7, 11) is 0. The van der Waals surface area contributed by atoms with Gasteiger partial charge in [0, 0.05) is 18.5 Å². The first-order valence-electron chi connectivity index (χ1n) is 8.07. The molecule has 25 heavy (non-hydrogen) atoms. The third-order valence-electron chi connectivity index (χ3n) is 4.71. The summed E-state index contributed by atoms with van der Waals surface area (Å²) in [5.74, 6) is -1.67. The molecule has 1 N–H and O–H groups in total. The van der Waals surface area contributed by atoms with E-state index in [0.29, 0.717) is 11.1 Å². The summed E-state index contributed by atoms with van der Waals surface area (Å²) >= 11 is 0. The van der Waals surface area contributed by atoms with Crippen LogP contribution in [0.5, 0.6) is 0 Å². The van der Waals surface area contributed by atoms with Crippen LogP contribution in [0.2, 0.25) is 0 Å². The Bertz CT molecular complexity index is 895. The Kier molecular flexibility index (Phi) is 3.60. The number of nitrogens with zero attached hydrogens (tertiary/aromatic N) is 1. The topological polar surface area (TPSA) is 66.5 Å². The van der Waals surface area contributed by atoms with Crippen LogP contribution in [-0.2, 0) is 16.1 Å². The largest absolute Gasteiger partial charge is 0.322 e. The van der Waals surface area contributed by atoms with E-state index in [0.717, 1.165) is 5.56 Å². The van der Waals surface area contributed by atoms with E-state index in [1.165, 1.54) is 17.0 Å². The summed E-state index contributed by atoms with van der Waals surface area (Å²) in [6.07, 6.45) is 0.476. The SMILES string of the molecule is O=C1CCC(N2Cc3c(cc(F)cc3-c3ccccc3)C2=O)C(=O)N1. The maximum absolute atomic E-state index is 14.1. The second-order valence-electron chi connectivity index (χ2n) is 6.25. The minimum atomic E-state index is -0.704. The lowest BCUT2D eigenvalue weighted by Gasteiger charge is -2.29. The number of benzene rings is 2. The highest BCUT2D eigenvalue weighted by molar-refractivity contribution is 6.06. The molecule has 3 amide bonds. The molecule has 1 unspecified atom stereocenters. The quantitative estimate of drug-likeness (QED) is 0.854. The molecule has 1 saturated heterocycles. The van der Waals surface area contributed by atoms with Crippen molar-refractivity contribution in [2.24, 2.45) is 0 Å². The number of halogens is 1. The van der Waals surface area contributed by atoms with Crippen molar-refractivity contribution < 1.29 is 18.8 Å². The number of carbonyl (C=O) groups is 3.